The van der Waals surface area contributed by atoms with E-state index >= 15 is 0 Å². The SMILES string of the molecule is C=NC1=CC(C#C[C@H]2C(=O)N(C(=O)NC(c3ccccc3)c3ccccc3)[C@@H]2SC)=CC(C)N1. The van der Waals surface area contributed by atoms with Crippen LogP contribution in [0.2, 0.25) is 0 Å². The Labute approximate surface area is 204 Å². The van der Waals surface area contributed by atoms with E-state index in [4.69, 9.17) is 0 Å². The van der Waals surface area contributed by atoms with Gasteiger partial charge in [-0.05, 0) is 43.2 Å². The van der Waals surface area contributed by atoms with Gasteiger partial charge in [0.15, 0.2) is 0 Å². The number of amides is 3. The molecule has 0 bridgehead atoms. The van der Waals surface area contributed by atoms with Gasteiger partial charge in [0.25, 0.3) is 0 Å². The quantitative estimate of drug-likeness (QED) is 0.392. The molecule has 0 spiro atoms. The first-order valence-electron chi connectivity index (χ1n) is 11.0. The number of carbonyl (C=O) groups excluding carboxylic acids is 2. The van der Waals surface area contributed by atoms with Gasteiger partial charge in [-0.15, -0.1) is 11.8 Å². The molecule has 1 saturated heterocycles. The molecule has 2 aliphatic heterocycles. The number of carbonyl (C=O) groups is 2. The monoisotopic (exact) mass is 470 g/mol. The molecule has 0 aliphatic carbocycles. The highest BCUT2D eigenvalue weighted by molar-refractivity contribution is 7.99. The fourth-order valence-corrected chi connectivity index (χ4v) is 4.88. The Morgan fingerprint density at radius 3 is 2.32 bits per heavy atom. The number of allylic oxidation sites excluding steroid dienone is 2. The van der Waals surface area contributed by atoms with Gasteiger partial charge in [-0.2, -0.15) is 0 Å². The Balaban J connectivity index is 1.52. The Morgan fingerprint density at radius 1 is 1.15 bits per heavy atom. The Hall–Kier alpha value is -3.76. The number of nitrogens with one attached hydrogen (secondary N) is 2. The number of hydrogen-bond donors (Lipinski definition) is 2. The third kappa shape index (κ3) is 4.92. The molecule has 0 radical (unpaired) electrons. The normalized spacial score (nSPS) is 21.3. The molecular weight excluding hydrogens is 444 g/mol. The summed E-state index contributed by atoms with van der Waals surface area (Å²) in [5.74, 6) is 5.95. The molecule has 2 aromatic rings. The fraction of sp³-hybridized carbons (Fsp3) is 0.222. The Morgan fingerprint density at radius 2 is 1.76 bits per heavy atom. The van der Waals surface area contributed by atoms with Crippen molar-refractivity contribution in [1.29, 1.82) is 0 Å². The molecule has 34 heavy (non-hydrogen) atoms. The topological polar surface area (TPSA) is 73.8 Å². The average molecular weight is 471 g/mol. The predicted molar refractivity (Wildman–Crippen MR) is 137 cm³/mol. The van der Waals surface area contributed by atoms with Gasteiger partial charge in [0.1, 0.15) is 17.1 Å². The highest BCUT2D eigenvalue weighted by atomic mass is 32.2. The highest BCUT2D eigenvalue weighted by Gasteiger charge is 2.50. The molecule has 2 heterocycles. The first-order valence-corrected chi connectivity index (χ1v) is 12.2. The second-order valence-electron chi connectivity index (χ2n) is 8.03. The number of benzene rings is 2. The smallest absolute Gasteiger partial charge is 0.325 e. The maximum Gasteiger partial charge on any atom is 0.325 e. The number of nitrogens with zero attached hydrogens (tertiary/aromatic N) is 2. The van der Waals surface area contributed by atoms with Crippen molar-refractivity contribution in [2.75, 3.05) is 6.26 Å². The lowest BCUT2D eigenvalue weighted by Crippen LogP contribution is -2.63. The summed E-state index contributed by atoms with van der Waals surface area (Å²) < 4.78 is 0. The summed E-state index contributed by atoms with van der Waals surface area (Å²) in [6.07, 6.45) is 5.64. The number of urea groups is 1. The molecule has 6 nitrogen and oxygen atoms in total. The number of rotatable bonds is 5. The van der Waals surface area contributed by atoms with Crippen LogP contribution in [0.3, 0.4) is 0 Å². The van der Waals surface area contributed by atoms with Crippen LogP contribution in [0.15, 0.2) is 89.2 Å². The zero-order valence-electron chi connectivity index (χ0n) is 19.1. The maximum absolute atomic E-state index is 13.2. The van der Waals surface area contributed by atoms with Crippen LogP contribution in [0, 0.1) is 17.8 Å². The zero-order chi connectivity index (χ0) is 24.1. The Kier molecular flexibility index (Phi) is 7.19. The summed E-state index contributed by atoms with van der Waals surface area (Å²) >= 11 is 1.44. The van der Waals surface area contributed by atoms with Crippen LogP contribution < -0.4 is 10.6 Å². The van der Waals surface area contributed by atoms with Crippen LogP contribution in [0.5, 0.6) is 0 Å². The van der Waals surface area contributed by atoms with Gasteiger partial charge in [0, 0.05) is 11.6 Å². The van der Waals surface area contributed by atoms with Gasteiger partial charge in [-0.3, -0.25) is 4.79 Å². The lowest BCUT2D eigenvalue weighted by Gasteiger charge is -2.42. The van der Waals surface area contributed by atoms with Gasteiger partial charge < -0.3 is 10.6 Å². The predicted octanol–water partition coefficient (Wildman–Crippen LogP) is 4.10. The maximum atomic E-state index is 13.2. The van der Waals surface area contributed by atoms with Crippen LogP contribution in [0.1, 0.15) is 24.1 Å². The van der Waals surface area contributed by atoms with Gasteiger partial charge in [0.2, 0.25) is 5.91 Å². The fourth-order valence-electron chi connectivity index (χ4n) is 4.01. The first kappa shape index (κ1) is 23.4. The van der Waals surface area contributed by atoms with Gasteiger partial charge in [-0.1, -0.05) is 72.5 Å². The van der Waals surface area contributed by atoms with E-state index in [0.717, 1.165) is 16.7 Å². The van der Waals surface area contributed by atoms with Gasteiger partial charge in [-0.25, -0.2) is 14.7 Å². The molecule has 2 aromatic carbocycles. The molecule has 4 rings (SSSR count). The summed E-state index contributed by atoms with van der Waals surface area (Å²) in [5, 5.41) is 5.86. The molecule has 7 heteroatoms. The van der Waals surface area contributed by atoms with Crippen molar-refractivity contribution < 1.29 is 9.59 Å². The van der Waals surface area contributed by atoms with Crippen LogP contribution >= 0.6 is 11.8 Å². The van der Waals surface area contributed by atoms with E-state index in [0.29, 0.717) is 5.82 Å². The van der Waals surface area contributed by atoms with E-state index in [1.165, 1.54) is 16.7 Å². The number of likely N-dealkylation sites (tertiary alicyclic amines) is 1. The van der Waals surface area contributed by atoms with E-state index in [1.807, 2.05) is 79.9 Å². The first-order chi connectivity index (χ1) is 16.5. The van der Waals surface area contributed by atoms with Crippen molar-refractivity contribution in [1.82, 2.24) is 15.5 Å². The van der Waals surface area contributed by atoms with Crippen LogP contribution in [-0.2, 0) is 4.79 Å². The van der Waals surface area contributed by atoms with Crippen molar-refractivity contribution in [3.63, 3.8) is 0 Å². The zero-order valence-corrected chi connectivity index (χ0v) is 19.9. The standard InChI is InChI=1S/C27H26N4O2S/c1-18-16-19(17-23(28-2)29-18)14-15-22-25(32)31(26(22)34-3)27(33)30-24(20-10-6-4-7-11-20)21-12-8-5-9-13-21/h4-13,16-18,22,24,26,29H,2H2,1,3H3,(H,30,33)/t18?,22-,26+/m0/s1. The minimum absolute atomic E-state index is 0.0680. The minimum atomic E-state index is -0.549. The lowest BCUT2D eigenvalue weighted by atomic mass is 9.97. The van der Waals surface area contributed by atoms with E-state index in [1.54, 1.807) is 6.08 Å². The molecule has 2 N–H and O–H groups in total. The van der Waals surface area contributed by atoms with E-state index in [9.17, 15) is 9.59 Å². The average Bonchev–Trinajstić information content (AvgIpc) is 2.86. The third-order valence-electron chi connectivity index (χ3n) is 5.68. The van der Waals surface area contributed by atoms with E-state index in [-0.39, 0.29) is 23.4 Å². The summed E-state index contributed by atoms with van der Waals surface area (Å²) in [6, 6.07) is 18.7. The molecule has 3 atom stereocenters. The molecule has 3 amide bonds. The number of aliphatic imine (C=N–C) groups is 1. The largest absolute Gasteiger partial charge is 0.364 e. The summed E-state index contributed by atoms with van der Waals surface area (Å²) in [7, 11) is 0. The molecule has 0 saturated carbocycles. The second-order valence-corrected chi connectivity index (χ2v) is 8.98. The van der Waals surface area contributed by atoms with Crippen LogP contribution in [0.25, 0.3) is 0 Å². The molecule has 0 aromatic heterocycles. The molecule has 172 valence electrons. The second kappa shape index (κ2) is 10.4. The van der Waals surface area contributed by atoms with Crippen molar-refractivity contribution in [2.24, 2.45) is 10.9 Å². The van der Waals surface area contributed by atoms with Gasteiger partial charge in [0.05, 0.1) is 6.04 Å². The van der Waals surface area contributed by atoms with E-state index in [2.05, 4.69) is 34.2 Å². The number of hydrogen-bond acceptors (Lipinski definition) is 5. The summed E-state index contributed by atoms with van der Waals surface area (Å²) in [4.78, 5) is 31.4. The van der Waals surface area contributed by atoms with Crippen LogP contribution in [0.4, 0.5) is 4.79 Å². The number of dihydropyridines is 1. The van der Waals surface area contributed by atoms with Crippen LogP contribution in [-0.4, -0.2) is 41.2 Å². The number of β-lactam (4-membered cyclic amide) rings is 1. The molecule has 2 aliphatic rings. The van der Waals surface area contributed by atoms with Gasteiger partial charge >= 0.3 is 6.03 Å². The van der Waals surface area contributed by atoms with E-state index < -0.39 is 11.9 Å². The number of thioether (sulfide) groups is 1. The third-order valence-corrected chi connectivity index (χ3v) is 6.64. The minimum Gasteiger partial charge on any atom is -0.364 e. The molecular formula is C27H26N4O2S. The van der Waals surface area contributed by atoms with Crippen molar-refractivity contribution in [3.8, 4) is 11.8 Å². The summed E-state index contributed by atoms with van der Waals surface area (Å²) in [6.45, 7) is 5.53. The molecule has 1 unspecified atom stereocenters. The highest BCUT2D eigenvalue weighted by Crippen LogP contribution is 2.34. The van der Waals surface area contributed by atoms with Crippen molar-refractivity contribution in [3.05, 3.63) is 95.3 Å². The van der Waals surface area contributed by atoms with Crippen molar-refractivity contribution >= 4 is 30.4 Å². The molecule has 1 fully saturated rings. The Bertz CT molecular complexity index is 1160. The van der Waals surface area contributed by atoms with Crippen molar-refractivity contribution in [2.45, 2.75) is 24.4 Å². The number of imide groups is 1. The summed E-state index contributed by atoms with van der Waals surface area (Å²) in [5.41, 5.74) is 2.66. The lowest BCUT2D eigenvalue weighted by molar-refractivity contribution is -0.141.